The van der Waals surface area contributed by atoms with Crippen LogP contribution in [0.2, 0.25) is 5.02 Å². The molecule has 1 unspecified atom stereocenters. The minimum absolute atomic E-state index is 0.239. The van der Waals surface area contributed by atoms with Crippen molar-refractivity contribution in [1.29, 1.82) is 0 Å². The standard InChI is InChI=1S/C23H21ClFN5/c1-12-4-6-17(19(25)10-12)22-21-16(18-11-15(24)5-7-20(18)29-21)8-9-30(22)23-27-13(2)26-14(3)28-23/h4-7,10-11,22,29H,8-9H2,1-3H3. The molecule has 0 saturated carbocycles. The highest BCUT2D eigenvalue weighted by Crippen LogP contribution is 2.41. The molecular formula is C23H21ClFN5. The lowest BCUT2D eigenvalue weighted by atomic mass is 9.92. The van der Waals surface area contributed by atoms with Gasteiger partial charge in [0.2, 0.25) is 5.95 Å². The van der Waals surface area contributed by atoms with Crippen LogP contribution >= 0.6 is 11.6 Å². The highest BCUT2D eigenvalue weighted by molar-refractivity contribution is 6.31. The van der Waals surface area contributed by atoms with Crippen molar-refractivity contribution in [2.24, 2.45) is 0 Å². The number of aryl methyl sites for hydroxylation is 3. The average Bonchev–Trinajstić information content (AvgIpc) is 3.05. The second kappa shape index (κ2) is 7.06. The van der Waals surface area contributed by atoms with Crippen LogP contribution in [0.25, 0.3) is 10.9 Å². The Morgan fingerprint density at radius 3 is 2.53 bits per heavy atom. The second-order valence-electron chi connectivity index (χ2n) is 7.81. The fraction of sp³-hybridized carbons (Fsp3) is 0.261. The molecule has 0 amide bonds. The first-order valence-electron chi connectivity index (χ1n) is 9.92. The summed E-state index contributed by atoms with van der Waals surface area (Å²) in [5, 5.41) is 1.77. The summed E-state index contributed by atoms with van der Waals surface area (Å²) >= 11 is 6.26. The smallest absolute Gasteiger partial charge is 0.229 e. The van der Waals surface area contributed by atoms with Gasteiger partial charge in [0.05, 0.1) is 0 Å². The third kappa shape index (κ3) is 3.12. The van der Waals surface area contributed by atoms with Crippen LogP contribution in [0.5, 0.6) is 0 Å². The molecular weight excluding hydrogens is 401 g/mol. The molecule has 2 aromatic heterocycles. The topological polar surface area (TPSA) is 57.7 Å². The number of H-pyrrole nitrogens is 1. The van der Waals surface area contributed by atoms with Crippen LogP contribution in [0, 0.1) is 26.6 Å². The fourth-order valence-electron chi connectivity index (χ4n) is 4.38. The first kappa shape index (κ1) is 19.0. The zero-order chi connectivity index (χ0) is 21.0. The Bertz CT molecular complexity index is 1260. The number of nitrogens with zero attached hydrogens (tertiary/aromatic N) is 4. The van der Waals surface area contributed by atoms with Crippen LogP contribution in [0.3, 0.4) is 0 Å². The predicted octanol–water partition coefficient (Wildman–Crippen LogP) is 5.22. The second-order valence-corrected chi connectivity index (χ2v) is 8.24. The van der Waals surface area contributed by atoms with E-state index in [1.165, 1.54) is 0 Å². The summed E-state index contributed by atoms with van der Waals surface area (Å²) in [4.78, 5) is 19.0. The van der Waals surface area contributed by atoms with Crippen LogP contribution < -0.4 is 4.90 Å². The molecule has 0 spiro atoms. The molecule has 152 valence electrons. The van der Waals surface area contributed by atoms with E-state index in [0.29, 0.717) is 34.7 Å². The van der Waals surface area contributed by atoms with Crippen molar-refractivity contribution in [3.63, 3.8) is 0 Å². The van der Waals surface area contributed by atoms with E-state index in [-0.39, 0.29) is 11.9 Å². The van der Waals surface area contributed by atoms with Gasteiger partial charge < -0.3 is 9.88 Å². The maximum absolute atomic E-state index is 15.2. The Hall–Kier alpha value is -2.99. The molecule has 0 bridgehead atoms. The minimum atomic E-state index is -0.373. The maximum atomic E-state index is 15.2. The van der Waals surface area contributed by atoms with Crippen molar-refractivity contribution in [3.8, 4) is 0 Å². The van der Waals surface area contributed by atoms with Gasteiger partial charge in [-0.05, 0) is 62.6 Å². The maximum Gasteiger partial charge on any atom is 0.229 e. The first-order chi connectivity index (χ1) is 14.4. The van der Waals surface area contributed by atoms with Crippen molar-refractivity contribution in [3.05, 3.63) is 81.3 Å². The largest absolute Gasteiger partial charge is 0.356 e. The molecule has 5 rings (SSSR count). The molecule has 7 heteroatoms. The van der Waals surface area contributed by atoms with Gasteiger partial charge in [-0.3, -0.25) is 0 Å². The third-order valence-corrected chi connectivity index (χ3v) is 5.88. The number of aromatic amines is 1. The van der Waals surface area contributed by atoms with Crippen LogP contribution in [0.1, 0.15) is 40.1 Å². The van der Waals surface area contributed by atoms with Crippen molar-refractivity contribution >= 4 is 28.5 Å². The molecule has 3 heterocycles. The lowest BCUT2D eigenvalue weighted by molar-refractivity contribution is 0.560. The normalized spacial score (nSPS) is 16.2. The summed E-state index contributed by atoms with van der Waals surface area (Å²) in [6, 6.07) is 10.8. The average molecular weight is 422 g/mol. The van der Waals surface area contributed by atoms with Crippen LogP contribution in [-0.4, -0.2) is 26.5 Å². The number of fused-ring (bicyclic) bond motifs is 3. The lowest BCUT2D eigenvalue weighted by Crippen LogP contribution is -2.38. The molecule has 2 aromatic carbocycles. The Morgan fingerprint density at radius 2 is 1.80 bits per heavy atom. The minimum Gasteiger partial charge on any atom is -0.356 e. The van der Waals surface area contributed by atoms with Gasteiger partial charge in [-0.1, -0.05) is 23.7 Å². The van der Waals surface area contributed by atoms with E-state index >= 15 is 4.39 Å². The summed E-state index contributed by atoms with van der Waals surface area (Å²) in [6.07, 6.45) is 0.781. The lowest BCUT2D eigenvalue weighted by Gasteiger charge is -2.36. The first-order valence-corrected chi connectivity index (χ1v) is 10.3. The summed E-state index contributed by atoms with van der Waals surface area (Å²) in [5.74, 6) is 1.62. The number of benzene rings is 2. The van der Waals surface area contributed by atoms with Crippen molar-refractivity contribution in [2.45, 2.75) is 33.2 Å². The van der Waals surface area contributed by atoms with Gasteiger partial charge in [-0.25, -0.2) is 9.37 Å². The zero-order valence-corrected chi connectivity index (χ0v) is 17.8. The van der Waals surface area contributed by atoms with E-state index in [1.54, 1.807) is 6.07 Å². The van der Waals surface area contributed by atoms with Gasteiger partial charge in [0.1, 0.15) is 23.5 Å². The number of hydrogen-bond acceptors (Lipinski definition) is 4. The van der Waals surface area contributed by atoms with Gasteiger partial charge >= 0.3 is 0 Å². The van der Waals surface area contributed by atoms with Crippen LogP contribution in [-0.2, 0) is 6.42 Å². The number of anilines is 1. The van der Waals surface area contributed by atoms with Crippen LogP contribution in [0.4, 0.5) is 10.3 Å². The number of halogens is 2. The van der Waals surface area contributed by atoms with Crippen molar-refractivity contribution < 1.29 is 4.39 Å². The van der Waals surface area contributed by atoms with E-state index in [0.717, 1.165) is 34.1 Å². The number of aromatic nitrogens is 4. The van der Waals surface area contributed by atoms with Crippen LogP contribution in [0.15, 0.2) is 36.4 Å². The highest BCUT2D eigenvalue weighted by Gasteiger charge is 2.35. The number of nitrogens with one attached hydrogen (secondary N) is 1. The van der Waals surface area contributed by atoms with E-state index in [9.17, 15) is 0 Å². The summed E-state index contributed by atoms with van der Waals surface area (Å²) in [6.45, 7) is 6.24. The Labute approximate surface area is 179 Å². The van der Waals surface area contributed by atoms with Gasteiger partial charge in [-0.15, -0.1) is 0 Å². The molecule has 0 fully saturated rings. The quantitative estimate of drug-likeness (QED) is 0.482. The number of hydrogen-bond donors (Lipinski definition) is 1. The Morgan fingerprint density at radius 1 is 1.03 bits per heavy atom. The summed E-state index contributed by atoms with van der Waals surface area (Å²) in [7, 11) is 0. The van der Waals surface area contributed by atoms with Gasteiger partial charge in [0.25, 0.3) is 0 Å². The Balaban J connectivity index is 1.75. The summed E-state index contributed by atoms with van der Waals surface area (Å²) < 4.78 is 15.2. The molecule has 1 N–H and O–H groups in total. The fourth-order valence-corrected chi connectivity index (χ4v) is 4.55. The Kier molecular flexibility index (Phi) is 4.47. The van der Waals surface area contributed by atoms with E-state index in [1.807, 2.05) is 51.1 Å². The highest BCUT2D eigenvalue weighted by atomic mass is 35.5. The molecule has 1 atom stereocenters. The SMILES string of the molecule is Cc1ccc(C2c3[nH]c4ccc(Cl)cc4c3CCN2c2nc(C)nc(C)n2)c(F)c1. The predicted molar refractivity (Wildman–Crippen MR) is 117 cm³/mol. The molecule has 0 saturated heterocycles. The monoisotopic (exact) mass is 421 g/mol. The van der Waals surface area contributed by atoms with E-state index in [2.05, 4.69) is 24.8 Å². The molecule has 4 aromatic rings. The number of rotatable bonds is 2. The van der Waals surface area contributed by atoms with Crippen molar-refractivity contribution in [2.75, 3.05) is 11.4 Å². The molecule has 1 aliphatic rings. The van der Waals surface area contributed by atoms with Gasteiger partial charge in [-0.2, -0.15) is 9.97 Å². The van der Waals surface area contributed by atoms with Gasteiger partial charge in [0, 0.05) is 33.7 Å². The summed E-state index contributed by atoms with van der Waals surface area (Å²) in [5.41, 5.74) is 4.59. The molecule has 0 radical (unpaired) electrons. The molecule has 30 heavy (non-hydrogen) atoms. The van der Waals surface area contributed by atoms with E-state index < -0.39 is 0 Å². The zero-order valence-electron chi connectivity index (χ0n) is 17.0. The molecule has 0 aliphatic carbocycles. The van der Waals surface area contributed by atoms with Crippen molar-refractivity contribution in [1.82, 2.24) is 19.9 Å². The van der Waals surface area contributed by atoms with Gasteiger partial charge in [0.15, 0.2) is 0 Å². The molecule has 5 nitrogen and oxygen atoms in total. The molecule has 1 aliphatic heterocycles. The third-order valence-electron chi connectivity index (χ3n) is 5.64. The van der Waals surface area contributed by atoms with E-state index in [4.69, 9.17) is 11.6 Å².